The molecule has 2 aromatic rings. The molecule has 0 aliphatic heterocycles. The second-order valence-corrected chi connectivity index (χ2v) is 5.98. The molecule has 0 radical (unpaired) electrons. The van der Waals surface area contributed by atoms with E-state index in [2.05, 4.69) is 0 Å². The van der Waals surface area contributed by atoms with E-state index in [0.29, 0.717) is 11.1 Å². The second kappa shape index (κ2) is 5.38. The molecule has 0 saturated heterocycles. The van der Waals surface area contributed by atoms with Crippen LogP contribution >= 0.6 is 7.60 Å². The molecule has 94 valence electrons. The Hall–Kier alpha value is -1.57. The first-order chi connectivity index (χ1) is 8.64. The SMILES string of the molecule is COP(=O)(Oc1cccc(C)c1)c1ccccc1. The van der Waals surface area contributed by atoms with Crippen LogP contribution in [-0.2, 0) is 9.09 Å². The molecule has 2 rings (SSSR count). The van der Waals surface area contributed by atoms with E-state index in [1.54, 1.807) is 30.3 Å². The van der Waals surface area contributed by atoms with Gasteiger partial charge in [0.2, 0.25) is 0 Å². The van der Waals surface area contributed by atoms with Crippen LogP contribution in [0.4, 0.5) is 0 Å². The predicted octanol–water partition coefficient (Wildman–Crippen LogP) is 3.54. The van der Waals surface area contributed by atoms with Crippen LogP contribution in [0.25, 0.3) is 0 Å². The van der Waals surface area contributed by atoms with E-state index in [1.165, 1.54) is 7.11 Å². The monoisotopic (exact) mass is 262 g/mol. The van der Waals surface area contributed by atoms with Gasteiger partial charge < -0.3 is 4.52 Å². The van der Waals surface area contributed by atoms with Crippen molar-refractivity contribution >= 4 is 12.9 Å². The zero-order valence-corrected chi connectivity index (χ0v) is 11.3. The van der Waals surface area contributed by atoms with Crippen molar-refractivity contribution in [3.05, 3.63) is 60.2 Å². The second-order valence-electron chi connectivity index (χ2n) is 3.92. The molecule has 0 bridgehead atoms. The van der Waals surface area contributed by atoms with Crippen LogP contribution < -0.4 is 9.83 Å². The van der Waals surface area contributed by atoms with Crippen LogP contribution in [0.15, 0.2) is 54.6 Å². The van der Waals surface area contributed by atoms with Gasteiger partial charge in [-0.2, -0.15) is 0 Å². The Morgan fingerprint density at radius 1 is 1.00 bits per heavy atom. The molecule has 0 amide bonds. The molecule has 1 atom stereocenters. The Balaban J connectivity index is 2.32. The lowest BCUT2D eigenvalue weighted by Gasteiger charge is -2.17. The lowest BCUT2D eigenvalue weighted by atomic mass is 10.2. The Morgan fingerprint density at radius 2 is 1.72 bits per heavy atom. The summed E-state index contributed by atoms with van der Waals surface area (Å²) in [4.78, 5) is 0. The van der Waals surface area contributed by atoms with Gasteiger partial charge in [0, 0.05) is 7.11 Å². The van der Waals surface area contributed by atoms with Crippen molar-refractivity contribution in [3.63, 3.8) is 0 Å². The zero-order valence-electron chi connectivity index (χ0n) is 10.4. The summed E-state index contributed by atoms with van der Waals surface area (Å²) in [6.07, 6.45) is 0. The number of aryl methyl sites for hydroxylation is 1. The van der Waals surface area contributed by atoms with E-state index in [9.17, 15) is 4.57 Å². The molecule has 0 spiro atoms. The maximum Gasteiger partial charge on any atom is 0.410 e. The van der Waals surface area contributed by atoms with Crippen molar-refractivity contribution < 1.29 is 13.6 Å². The third kappa shape index (κ3) is 2.81. The molecule has 1 unspecified atom stereocenters. The van der Waals surface area contributed by atoms with Crippen molar-refractivity contribution in [1.82, 2.24) is 0 Å². The highest BCUT2D eigenvalue weighted by Crippen LogP contribution is 2.46. The maximum atomic E-state index is 12.6. The van der Waals surface area contributed by atoms with Gasteiger partial charge in [0.05, 0.1) is 5.30 Å². The summed E-state index contributed by atoms with van der Waals surface area (Å²) in [5.74, 6) is 0.545. The van der Waals surface area contributed by atoms with E-state index >= 15 is 0 Å². The largest absolute Gasteiger partial charge is 0.421 e. The van der Waals surface area contributed by atoms with Gasteiger partial charge >= 0.3 is 7.60 Å². The Kier molecular flexibility index (Phi) is 3.85. The molecule has 4 heteroatoms. The summed E-state index contributed by atoms with van der Waals surface area (Å²) in [7, 11) is -1.90. The van der Waals surface area contributed by atoms with Gasteiger partial charge in [0.15, 0.2) is 0 Å². The van der Waals surface area contributed by atoms with Gasteiger partial charge in [-0.15, -0.1) is 0 Å². The third-order valence-corrected chi connectivity index (χ3v) is 4.39. The molecule has 0 N–H and O–H groups in total. The molecule has 0 aromatic heterocycles. The fraction of sp³-hybridized carbons (Fsp3) is 0.143. The first-order valence-corrected chi connectivity index (χ1v) is 7.16. The normalized spacial score (nSPS) is 13.9. The lowest BCUT2D eigenvalue weighted by Crippen LogP contribution is -2.10. The van der Waals surface area contributed by atoms with Crippen LogP contribution in [0.1, 0.15) is 5.56 Å². The number of benzene rings is 2. The van der Waals surface area contributed by atoms with Gasteiger partial charge in [-0.05, 0) is 36.8 Å². The van der Waals surface area contributed by atoms with Gasteiger partial charge in [0.1, 0.15) is 5.75 Å². The van der Waals surface area contributed by atoms with E-state index in [1.807, 2.05) is 31.2 Å². The highest BCUT2D eigenvalue weighted by Gasteiger charge is 2.27. The molecule has 3 nitrogen and oxygen atoms in total. The minimum atomic E-state index is -3.29. The number of hydrogen-bond acceptors (Lipinski definition) is 3. The fourth-order valence-corrected chi connectivity index (χ4v) is 2.94. The van der Waals surface area contributed by atoms with Crippen molar-refractivity contribution in [2.75, 3.05) is 7.11 Å². The van der Waals surface area contributed by atoms with E-state index in [4.69, 9.17) is 9.05 Å². The van der Waals surface area contributed by atoms with Gasteiger partial charge in [-0.3, -0.25) is 4.52 Å². The topological polar surface area (TPSA) is 35.5 Å². The van der Waals surface area contributed by atoms with Gasteiger partial charge in [-0.1, -0.05) is 30.3 Å². The quantitative estimate of drug-likeness (QED) is 0.790. The molecule has 0 aliphatic rings. The van der Waals surface area contributed by atoms with Crippen LogP contribution in [0.5, 0.6) is 5.75 Å². The van der Waals surface area contributed by atoms with Crippen molar-refractivity contribution in [1.29, 1.82) is 0 Å². The Morgan fingerprint density at radius 3 is 2.33 bits per heavy atom. The summed E-state index contributed by atoms with van der Waals surface area (Å²) < 4.78 is 23.3. The zero-order chi connectivity index (χ0) is 13.0. The van der Waals surface area contributed by atoms with E-state index in [-0.39, 0.29) is 0 Å². The summed E-state index contributed by atoms with van der Waals surface area (Å²) in [5, 5.41) is 0.550. The average molecular weight is 262 g/mol. The molecule has 0 fully saturated rings. The van der Waals surface area contributed by atoms with Crippen molar-refractivity contribution in [2.45, 2.75) is 6.92 Å². The Labute approximate surface area is 107 Å². The van der Waals surface area contributed by atoms with Gasteiger partial charge in [0.25, 0.3) is 0 Å². The molecular formula is C14H15O3P. The highest BCUT2D eigenvalue weighted by atomic mass is 31.2. The minimum Gasteiger partial charge on any atom is -0.421 e. The summed E-state index contributed by atoms with van der Waals surface area (Å²) in [5.41, 5.74) is 1.04. The van der Waals surface area contributed by atoms with Crippen LogP contribution in [0.2, 0.25) is 0 Å². The molecule has 0 saturated carbocycles. The maximum absolute atomic E-state index is 12.6. The van der Waals surface area contributed by atoms with Crippen LogP contribution in [0.3, 0.4) is 0 Å². The molecule has 0 heterocycles. The van der Waals surface area contributed by atoms with E-state index in [0.717, 1.165) is 5.56 Å². The smallest absolute Gasteiger partial charge is 0.410 e. The van der Waals surface area contributed by atoms with Gasteiger partial charge in [-0.25, -0.2) is 4.57 Å². The van der Waals surface area contributed by atoms with Crippen LogP contribution in [-0.4, -0.2) is 7.11 Å². The Bertz CT molecular complexity index is 566. The number of hydrogen-bond donors (Lipinski definition) is 0. The third-order valence-electron chi connectivity index (χ3n) is 2.53. The summed E-state index contributed by atoms with van der Waals surface area (Å²) in [6, 6.07) is 16.3. The molecule has 0 aliphatic carbocycles. The van der Waals surface area contributed by atoms with Crippen molar-refractivity contribution in [2.24, 2.45) is 0 Å². The summed E-state index contributed by atoms with van der Waals surface area (Å²) in [6.45, 7) is 1.95. The average Bonchev–Trinajstić information content (AvgIpc) is 2.39. The summed E-state index contributed by atoms with van der Waals surface area (Å²) >= 11 is 0. The fourth-order valence-electron chi connectivity index (χ4n) is 1.62. The first kappa shape index (κ1) is 12.9. The standard InChI is InChI=1S/C14H15O3P/c1-12-7-6-8-13(11-12)17-18(15,16-2)14-9-4-3-5-10-14/h3-11H,1-2H3. The highest BCUT2D eigenvalue weighted by molar-refractivity contribution is 7.62. The first-order valence-electron chi connectivity index (χ1n) is 5.62. The molecule has 18 heavy (non-hydrogen) atoms. The van der Waals surface area contributed by atoms with Crippen LogP contribution in [0, 0.1) is 6.92 Å². The lowest BCUT2D eigenvalue weighted by molar-refractivity contribution is 0.334. The molecule has 2 aromatic carbocycles. The predicted molar refractivity (Wildman–Crippen MR) is 72.5 cm³/mol. The van der Waals surface area contributed by atoms with E-state index < -0.39 is 7.60 Å². The molecular weight excluding hydrogens is 247 g/mol. The van der Waals surface area contributed by atoms with Crippen molar-refractivity contribution in [3.8, 4) is 5.75 Å². The number of rotatable bonds is 4. The minimum absolute atomic E-state index is 0.545.